The maximum Gasteiger partial charge on any atom is 0.325 e. The Labute approximate surface area is 199 Å². The molecule has 4 rings (SSSR count). The molecule has 0 spiro atoms. The third-order valence-corrected chi connectivity index (χ3v) is 6.65. The monoisotopic (exact) mass is 462 g/mol. The Morgan fingerprint density at radius 2 is 1.62 bits per heavy atom. The van der Waals surface area contributed by atoms with Gasteiger partial charge in [-0.3, -0.25) is 19.3 Å². The fourth-order valence-corrected chi connectivity index (χ4v) is 4.49. The number of hydrogen-bond acceptors (Lipinski definition) is 4. The highest BCUT2D eigenvalue weighted by molar-refractivity contribution is 6.08. The topological polar surface area (TPSA) is 98.8 Å². The second kappa shape index (κ2) is 10.1. The molecule has 8 heteroatoms. The molecule has 5 amide bonds. The van der Waals surface area contributed by atoms with Gasteiger partial charge in [0.05, 0.1) is 0 Å². The number of nitrogens with zero attached hydrogens (tertiary/aromatic N) is 2. The number of aryl methyl sites for hydroxylation is 1. The molecule has 2 N–H and O–H groups in total. The Kier molecular flexibility index (Phi) is 6.95. The van der Waals surface area contributed by atoms with E-state index in [1.54, 1.807) is 11.8 Å². The van der Waals surface area contributed by atoms with E-state index in [0.29, 0.717) is 38.8 Å². The van der Waals surface area contributed by atoms with Gasteiger partial charge in [-0.15, -0.1) is 0 Å². The molecule has 0 aromatic heterocycles. The van der Waals surface area contributed by atoms with Gasteiger partial charge in [-0.2, -0.15) is 0 Å². The van der Waals surface area contributed by atoms with Crippen LogP contribution in [-0.2, 0) is 20.8 Å². The molecular formula is C26H30N4O4. The fourth-order valence-electron chi connectivity index (χ4n) is 4.49. The van der Waals surface area contributed by atoms with E-state index in [1.165, 1.54) is 0 Å². The second-order valence-corrected chi connectivity index (χ2v) is 9.15. The zero-order valence-corrected chi connectivity index (χ0v) is 19.3. The SMILES string of the molecule is CC1(CCc2ccccc2)NC(=O)N(CC(=O)N2CCC(C(=O)Nc3ccccc3)CC2)C1=O. The summed E-state index contributed by atoms with van der Waals surface area (Å²) in [6.07, 6.45) is 2.18. The van der Waals surface area contributed by atoms with Gasteiger partial charge in [-0.25, -0.2) is 4.79 Å². The van der Waals surface area contributed by atoms with Gasteiger partial charge in [0, 0.05) is 24.7 Å². The van der Waals surface area contributed by atoms with Crippen LogP contribution in [0.1, 0.15) is 31.7 Å². The number of carbonyl (C=O) groups is 4. The van der Waals surface area contributed by atoms with Crippen LogP contribution < -0.4 is 10.6 Å². The number of hydrogen-bond donors (Lipinski definition) is 2. The van der Waals surface area contributed by atoms with Crippen molar-refractivity contribution >= 4 is 29.4 Å². The van der Waals surface area contributed by atoms with Gasteiger partial charge in [0.25, 0.3) is 5.91 Å². The maximum absolute atomic E-state index is 13.0. The van der Waals surface area contributed by atoms with Gasteiger partial charge < -0.3 is 15.5 Å². The number of anilines is 1. The number of carbonyl (C=O) groups excluding carboxylic acids is 4. The van der Waals surface area contributed by atoms with Crippen LogP contribution in [-0.4, -0.2) is 58.7 Å². The first-order chi connectivity index (χ1) is 16.4. The standard InChI is InChI=1S/C26H30N4O4/c1-26(15-12-19-8-4-2-5-9-19)24(33)30(25(34)28-26)18-22(31)29-16-13-20(14-17-29)23(32)27-21-10-6-3-7-11-21/h2-11,20H,12-18H2,1H3,(H,27,32)(H,28,34). The van der Waals surface area contributed by atoms with Gasteiger partial charge in [0.2, 0.25) is 11.8 Å². The van der Waals surface area contributed by atoms with Crippen molar-refractivity contribution in [1.82, 2.24) is 15.1 Å². The summed E-state index contributed by atoms with van der Waals surface area (Å²) in [6, 6.07) is 18.5. The summed E-state index contributed by atoms with van der Waals surface area (Å²) in [5, 5.41) is 5.68. The van der Waals surface area contributed by atoms with Crippen molar-refractivity contribution in [3.8, 4) is 0 Å². The predicted octanol–water partition coefficient (Wildman–Crippen LogP) is 2.81. The molecule has 0 bridgehead atoms. The Morgan fingerprint density at radius 1 is 1.00 bits per heavy atom. The summed E-state index contributed by atoms with van der Waals surface area (Å²) < 4.78 is 0. The molecule has 178 valence electrons. The smallest absolute Gasteiger partial charge is 0.325 e. The Morgan fingerprint density at radius 3 is 2.26 bits per heavy atom. The number of benzene rings is 2. The van der Waals surface area contributed by atoms with Crippen LogP contribution in [0.4, 0.5) is 10.5 Å². The van der Waals surface area contributed by atoms with Gasteiger partial charge in [-0.05, 0) is 50.3 Å². The minimum Gasteiger partial charge on any atom is -0.341 e. The van der Waals surface area contributed by atoms with Gasteiger partial charge in [-0.1, -0.05) is 48.5 Å². The van der Waals surface area contributed by atoms with Gasteiger partial charge >= 0.3 is 6.03 Å². The number of imide groups is 1. The maximum atomic E-state index is 13.0. The van der Waals surface area contributed by atoms with Crippen LogP contribution in [0.2, 0.25) is 0 Å². The molecule has 8 nitrogen and oxygen atoms in total. The molecule has 0 saturated carbocycles. The average Bonchev–Trinajstić information content (AvgIpc) is 3.07. The minimum atomic E-state index is -1.03. The Bertz CT molecular complexity index is 1050. The number of urea groups is 1. The van der Waals surface area contributed by atoms with Gasteiger partial charge in [0.1, 0.15) is 12.1 Å². The van der Waals surface area contributed by atoms with E-state index >= 15 is 0 Å². The largest absolute Gasteiger partial charge is 0.341 e. The number of para-hydroxylation sites is 1. The number of likely N-dealkylation sites (tertiary alicyclic amines) is 1. The van der Waals surface area contributed by atoms with Gasteiger partial charge in [0.15, 0.2) is 0 Å². The predicted molar refractivity (Wildman–Crippen MR) is 128 cm³/mol. The number of rotatable bonds is 7. The average molecular weight is 463 g/mol. The highest BCUT2D eigenvalue weighted by Crippen LogP contribution is 2.24. The number of amides is 5. The third kappa shape index (κ3) is 5.27. The van der Waals surface area contributed by atoms with Crippen LogP contribution in [0.15, 0.2) is 60.7 Å². The van der Waals surface area contributed by atoms with Crippen LogP contribution >= 0.6 is 0 Å². The molecule has 2 heterocycles. The summed E-state index contributed by atoms with van der Waals surface area (Å²) in [5.74, 6) is -0.888. The van der Waals surface area contributed by atoms with Crippen molar-refractivity contribution in [3.63, 3.8) is 0 Å². The van der Waals surface area contributed by atoms with Crippen LogP contribution in [0.25, 0.3) is 0 Å². The van der Waals surface area contributed by atoms with E-state index in [1.807, 2.05) is 60.7 Å². The molecular weight excluding hydrogens is 432 g/mol. The zero-order valence-electron chi connectivity index (χ0n) is 19.3. The first kappa shape index (κ1) is 23.5. The fraction of sp³-hybridized carbons (Fsp3) is 0.385. The van der Waals surface area contributed by atoms with Crippen molar-refractivity contribution in [2.24, 2.45) is 5.92 Å². The number of piperidine rings is 1. The van der Waals surface area contributed by atoms with Crippen LogP contribution in [0.3, 0.4) is 0 Å². The van der Waals surface area contributed by atoms with Crippen LogP contribution in [0.5, 0.6) is 0 Å². The molecule has 2 fully saturated rings. The van der Waals surface area contributed by atoms with Crippen molar-refractivity contribution in [1.29, 1.82) is 0 Å². The summed E-state index contributed by atoms with van der Waals surface area (Å²) in [4.78, 5) is 53.6. The summed E-state index contributed by atoms with van der Waals surface area (Å²) >= 11 is 0. The first-order valence-corrected chi connectivity index (χ1v) is 11.7. The van der Waals surface area contributed by atoms with Crippen molar-refractivity contribution < 1.29 is 19.2 Å². The molecule has 1 unspecified atom stereocenters. The Hall–Kier alpha value is -3.68. The van der Waals surface area contributed by atoms with Crippen molar-refractivity contribution in [2.45, 2.75) is 38.1 Å². The van der Waals surface area contributed by atoms with E-state index in [4.69, 9.17) is 0 Å². The lowest BCUT2D eigenvalue weighted by atomic mass is 9.93. The van der Waals surface area contributed by atoms with E-state index in [2.05, 4.69) is 10.6 Å². The highest BCUT2D eigenvalue weighted by atomic mass is 16.2. The lowest BCUT2D eigenvalue weighted by Crippen LogP contribution is -2.48. The molecule has 0 radical (unpaired) electrons. The Balaban J connectivity index is 1.27. The minimum absolute atomic E-state index is 0.0541. The summed E-state index contributed by atoms with van der Waals surface area (Å²) in [5.41, 5.74) is 0.801. The molecule has 2 aromatic carbocycles. The summed E-state index contributed by atoms with van der Waals surface area (Å²) in [7, 11) is 0. The number of nitrogens with one attached hydrogen (secondary N) is 2. The third-order valence-electron chi connectivity index (χ3n) is 6.65. The summed E-state index contributed by atoms with van der Waals surface area (Å²) in [6.45, 7) is 2.26. The lowest BCUT2D eigenvalue weighted by Gasteiger charge is -2.32. The van der Waals surface area contributed by atoms with Crippen LogP contribution in [0, 0.1) is 5.92 Å². The van der Waals surface area contributed by atoms with E-state index in [-0.39, 0.29) is 30.2 Å². The molecule has 1 atom stereocenters. The molecule has 2 aliphatic rings. The molecule has 34 heavy (non-hydrogen) atoms. The zero-order chi connectivity index (χ0) is 24.1. The van der Waals surface area contributed by atoms with Crippen molar-refractivity contribution in [2.75, 3.05) is 25.0 Å². The first-order valence-electron chi connectivity index (χ1n) is 11.7. The molecule has 2 aromatic rings. The van der Waals surface area contributed by atoms with E-state index in [0.717, 1.165) is 16.2 Å². The van der Waals surface area contributed by atoms with E-state index < -0.39 is 11.6 Å². The normalized spacial score (nSPS) is 20.9. The van der Waals surface area contributed by atoms with E-state index in [9.17, 15) is 19.2 Å². The second-order valence-electron chi connectivity index (χ2n) is 9.15. The molecule has 0 aliphatic carbocycles. The highest BCUT2D eigenvalue weighted by Gasteiger charge is 2.48. The quantitative estimate of drug-likeness (QED) is 0.618. The molecule has 2 saturated heterocycles. The van der Waals surface area contributed by atoms with Crippen molar-refractivity contribution in [3.05, 3.63) is 66.2 Å². The molecule has 2 aliphatic heterocycles. The lowest BCUT2D eigenvalue weighted by molar-refractivity contribution is -0.140.